The molecule has 2 aromatic rings. The third-order valence-corrected chi connectivity index (χ3v) is 4.37. The van der Waals surface area contributed by atoms with Crippen LogP contribution in [-0.4, -0.2) is 27.4 Å². The highest BCUT2D eigenvalue weighted by Crippen LogP contribution is 2.18. The molecule has 138 valence electrons. The lowest BCUT2D eigenvalue weighted by atomic mass is 10.2. The van der Waals surface area contributed by atoms with E-state index >= 15 is 0 Å². The lowest BCUT2D eigenvalue weighted by Gasteiger charge is -2.12. The minimum atomic E-state index is -0.412. The van der Waals surface area contributed by atoms with Gasteiger partial charge in [-0.05, 0) is 44.9 Å². The van der Waals surface area contributed by atoms with E-state index in [-0.39, 0.29) is 23.9 Å². The Labute approximate surface area is 151 Å². The van der Waals surface area contributed by atoms with E-state index in [0.29, 0.717) is 23.1 Å². The van der Waals surface area contributed by atoms with Gasteiger partial charge in [0.05, 0.1) is 10.9 Å². The van der Waals surface area contributed by atoms with Crippen molar-refractivity contribution in [2.75, 3.05) is 5.32 Å². The van der Waals surface area contributed by atoms with Crippen molar-refractivity contribution in [3.63, 3.8) is 0 Å². The van der Waals surface area contributed by atoms with Gasteiger partial charge >= 0.3 is 0 Å². The lowest BCUT2D eigenvalue weighted by molar-refractivity contribution is -0.127. The molecule has 0 fully saturated rings. The number of rotatable bonds is 4. The van der Waals surface area contributed by atoms with Gasteiger partial charge in [0.1, 0.15) is 12.2 Å². The number of fused-ring (bicyclic) bond motifs is 2. The highest BCUT2D eigenvalue weighted by atomic mass is 16.2. The van der Waals surface area contributed by atoms with E-state index in [0.717, 1.165) is 31.5 Å². The SMILES string of the molecule is CC(C)NC(=O)CC(=O)Nc1ccc2nc3n(c(=O)c2c1)CCCCC3. The fourth-order valence-electron chi connectivity index (χ4n) is 3.22. The van der Waals surface area contributed by atoms with Crippen molar-refractivity contribution in [3.8, 4) is 0 Å². The van der Waals surface area contributed by atoms with Crippen LogP contribution in [0.1, 0.15) is 45.4 Å². The van der Waals surface area contributed by atoms with E-state index in [1.165, 1.54) is 0 Å². The Balaban J connectivity index is 1.83. The fraction of sp³-hybridized carbons (Fsp3) is 0.474. The quantitative estimate of drug-likeness (QED) is 0.819. The van der Waals surface area contributed by atoms with E-state index in [1.54, 1.807) is 22.8 Å². The van der Waals surface area contributed by atoms with Gasteiger partial charge in [0.2, 0.25) is 11.8 Å². The molecule has 0 atom stereocenters. The van der Waals surface area contributed by atoms with Gasteiger partial charge in [-0.15, -0.1) is 0 Å². The first-order chi connectivity index (χ1) is 12.4. The van der Waals surface area contributed by atoms with Crippen molar-refractivity contribution in [2.45, 2.75) is 58.5 Å². The molecule has 0 saturated heterocycles. The van der Waals surface area contributed by atoms with Gasteiger partial charge in [0.15, 0.2) is 0 Å². The van der Waals surface area contributed by atoms with Gasteiger partial charge in [0.25, 0.3) is 5.56 Å². The second-order valence-corrected chi connectivity index (χ2v) is 6.97. The number of carbonyl (C=O) groups is 2. The average Bonchev–Trinajstić information content (AvgIpc) is 2.80. The molecule has 0 radical (unpaired) electrons. The van der Waals surface area contributed by atoms with Crippen LogP contribution in [0.3, 0.4) is 0 Å². The number of nitrogens with zero attached hydrogens (tertiary/aromatic N) is 2. The maximum absolute atomic E-state index is 12.8. The molecule has 0 spiro atoms. The number of hydrogen-bond donors (Lipinski definition) is 2. The number of aryl methyl sites for hydroxylation is 1. The molecular weight excluding hydrogens is 332 g/mol. The van der Waals surface area contributed by atoms with Crippen LogP contribution in [0.2, 0.25) is 0 Å². The first kappa shape index (κ1) is 18.1. The average molecular weight is 356 g/mol. The predicted octanol–water partition coefficient (Wildman–Crippen LogP) is 1.98. The minimum Gasteiger partial charge on any atom is -0.353 e. The third-order valence-electron chi connectivity index (χ3n) is 4.37. The molecule has 2 heterocycles. The summed E-state index contributed by atoms with van der Waals surface area (Å²) in [7, 11) is 0. The molecule has 7 heteroatoms. The summed E-state index contributed by atoms with van der Waals surface area (Å²) in [6.45, 7) is 4.36. The van der Waals surface area contributed by atoms with E-state index in [4.69, 9.17) is 0 Å². The summed E-state index contributed by atoms with van der Waals surface area (Å²) in [5.74, 6) is 0.0952. The third kappa shape index (κ3) is 4.09. The van der Waals surface area contributed by atoms with Gasteiger partial charge in [-0.25, -0.2) is 4.98 Å². The Hall–Kier alpha value is -2.70. The molecule has 1 aliphatic heterocycles. The Morgan fingerprint density at radius 2 is 2.00 bits per heavy atom. The van der Waals surface area contributed by atoms with Gasteiger partial charge in [-0.3, -0.25) is 19.0 Å². The van der Waals surface area contributed by atoms with Gasteiger partial charge in [0, 0.05) is 24.7 Å². The second-order valence-electron chi connectivity index (χ2n) is 6.97. The number of amides is 2. The van der Waals surface area contributed by atoms with Crippen molar-refractivity contribution in [2.24, 2.45) is 0 Å². The molecule has 0 aliphatic carbocycles. The van der Waals surface area contributed by atoms with Gasteiger partial charge in [-0.1, -0.05) is 6.42 Å². The predicted molar refractivity (Wildman–Crippen MR) is 100 cm³/mol. The lowest BCUT2D eigenvalue weighted by Crippen LogP contribution is -2.33. The molecule has 0 saturated carbocycles. The number of benzene rings is 1. The monoisotopic (exact) mass is 356 g/mol. The largest absolute Gasteiger partial charge is 0.353 e. The van der Waals surface area contributed by atoms with Crippen LogP contribution >= 0.6 is 0 Å². The molecule has 2 amide bonds. The van der Waals surface area contributed by atoms with Crippen molar-refractivity contribution in [1.82, 2.24) is 14.9 Å². The van der Waals surface area contributed by atoms with Crippen LogP contribution in [-0.2, 0) is 22.6 Å². The van der Waals surface area contributed by atoms with Crippen molar-refractivity contribution >= 4 is 28.4 Å². The summed E-state index contributed by atoms with van der Waals surface area (Å²) in [5, 5.41) is 5.84. The zero-order valence-electron chi connectivity index (χ0n) is 15.2. The summed E-state index contributed by atoms with van der Waals surface area (Å²) in [6, 6.07) is 5.08. The number of aromatic nitrogens is 2. The zero-order chi connectivity index (χ0) is 18.7. The molecule has 1 aliphatic rings. The minimum absolute atomic E-state index is 0.0163. The highest BCUT2D eigenvalue weighted by molar-refractivity contribution is 6.04. The Kier molecular flexibility index (Phi) is 5.35. The van der Waals surface area contributed by atoms with E-state index in [1.807, 2.05) is 13.8 Å². The molecule has 3 rings (SSSR count). The summed E-state index contributed by atoms with van der Waals surface area (Å²) in [6.07, 6.45) is 3.68. The highest BCUT2D eigenvalue weighted by Gasteiger charge is 2.15. The van der Waals surface area contributed by atoms with Gasteiger partial charge < -0.3 is 10.6 Å². The van der Waals surface area contributed by atoms with Crippen LogP contribution in [0.4, 0.5) is 5.69 Å². The topological polar surface area (TPSA) is 93.1 Å². The maximum atomic E-state index is 12.8. The van der Waals surface area contributed by atoms with Crippen LogP contribution in [0.15, 0.2) is 23.0 Å². The number of anilines is 1. The first-order valence-corrected chi connectivity index (χ1v) is 9.07. The molecule has 0 unspecified atom stereocenters. The number of carbonyl (C=O) groups excluding carboxylic acids is 2. The van der Waals surface area contributed by atoms with E-state index in [9.17, 15) is 14.4 Å². The zero-order valence-corrected chi connectivity index (χ0v) is 15.2. The number of hydrogen-bond acceptors (Lipinski definition) is 4. The molecule has 0 bridgehead atoms. The summed E-state index contributed by atoms with van der Waals surface area (Å²) in [5.41, 5.74) is 1.06. The van der Waals surface area contributed by atoms with Crippen molar-refractivity contribution in [1.29, 1.82) is 0 Å². The van der Waals surface area contributed by atoms with Crippen molar-refractivity contribution in [3.05, 3.63) is 34.4 Å². The van der Waals surface area contributed by atoms with E-state index < -0.39 is 5.91 Å². The molecular formula is C19H24N4O3. The van der Waals surface area contributed by atoms with Crippen LogP contribution in [0.25, 0.3) is 10.9 Å². The molecule has 2 N–H and O–H groups in total. The second kappa shape index (κ2) is 7.68. The van der Waals surface area contributed by atoms with Crippen LogP contribution in [0, 0.1) is 0 Å². The van der Waals surface area contributed by atoms with Crippen LogP contribution in [0.5, 0.6) is 0 Å². The molecule has 1 aromatic carbocycles. The fourth-order valence-corrected chi connectivity index (χ4v) is 3.22. The first-order valence-electron chi connectivity index (χ1n) is 9.07. The molecule has 1 aromatic heterocycles. The van der Waals surface area contributed by atoms with Gasteiger partial charge in [-0.2, -0.15) is 0 Å². The normalized spacial score (nSPS) is 14.0. The molecule has 26 heavy (non-hydrogen) atoms. The summed E-state index contributed by atoms with van der Waals surface area (Å²) >= 11 is 0. The smallest absolute Gasteiger partial charge is 0.261 e. The Bertz CT molecular complexity index is 902. The van der Waals surface area contributed by atoms with Crippen LogP contribution < -0.4 is 16.2 Å². The van der Waals surface area contributed by atoms with E-state index in [2.05, 4.69) is 15.6 Å². The Morgan fingerprint density at radius 3 is 2.77 bits per heavy atom. The standard InChI is InChI=1S/C19H24N4O3/c1-12(2)20-17(24)11-18(25)21-13-7-8-15-14(10-13)19(26)23-9-5-3-4-6-16(23)22-15/h7-8,10,12H,3-6,9,11H2,1-2H3,(H,20,24)(H,21,25). The maximum Gasteiger partial charge on any atom is 0.261 e. The Morgan fingerprint density at radius 1 is 1.19 bits per heavy atom. The molecule has 7 nitrogen and oxygen atoms in total. The van der Waals surface area contributed by atoms with Crippen molar-refractivity contribution < 1.29 is 9.59 Å². The summed E-state index contributed by atoms with van der Waals surface area (Å²) in [4.78, 5) is 41.1. The summed E-state index contributed by atoms with van der Waals surface area (Å²) < 4.78 is 1.75. The number of nitrogens with one attached hydrogen (secondary N) is 2.